The van der Waals surface area contributed by atoms with Crippen molar-refractivity contribution in [3.8, 4) is 22.4 Å². The first-order chi connectivity index (χ1) is 18.2. The minimum absolute atomic E-state index is 0.182. The van der Waals surface area contributed by atoms with Gasteiger partial charge < -0.3 is 14.9 Å². The minimum atomic E-state index is -1.69. The first kappa shape index (κ1) is 30.1. The lowest BCUT2D eigenvalue weighted by Crippen LogP contribution is -2.28. The molecule has 2 aromatic carbocycles. The number of rotatable bonds is 9. The molecular formula is C31H34F3NO4. The zero-order valence-electron chi connectivity index (χ0n) is 22.7. The zero-order chi connectivity index (χ0) is 28.9. The number of aliphatic hydroxyl groups is 2. The van der Waals surface area contributed by atoms with E-state index in [1.54, 1.807) is 51.1 Å². The molecule has 0 fully saturated rings. The van der Waals surface area contributed by atoms with Crippen molar-refractivity contribution < 1.29 is 32.9 Å². The number of pyridine rings is 1. The molecule has 3 rings (SSSR count). The van der Waals surface area contributed by atoms with E-state index < -0.39 is 54.1 Å². The van der Waals surface area contributed by atoms with Gasteiger partial charge in [-0.05, 0) is 86.4 Å². The lowest BCUT2D eigenvalue weighted by molar-refractivity contribution is -0.157. The third-order valence-electron chi connectivity index (χ3n) is 5.85. The predicted octanol–water partition coefficient (Wildman–Crippen LogP) is 6.97. The summed E-state index contributed by atoms with van der Waals surface area (Å²) in [5.41, 5.74) is 2.42. The molecule has 39 heavy (non-hydrogen) atoms. The Morgan fingerprint density at radius 1 is 0.974 bits per heavy atom. The fraction of sp³-hybridized carbons (Fsp3) is 0.355. The fourth-order valence-electron chi connectivity index (χ4n) is 4.07. The van der Waals surface area contributed by atoms with E-state index in [0.29, 0.717) is 33.6 Å². The van der Waals surface area contributed by atoms with Crippen molar-refractivity contribution in [1.29, 1.82) is 0 Å². The van der Waals surface area contributed by atoms with Crippen LogP contribution in [0.25, 0.3) is 28.5 Å². The lowest BCUT2D eigenvalue weighted by Gasteiger charge is -2.21. The standard InChI is InChI=1S/C31H34F3NO4/c1-18(2)30-25(16-26(34)28(37)14-23(36)15-29(38)39-31(3,4)5)24(19-6-10-21(32)11-7-19)17-27(35-30)20-8-12-22(33)13-9-20/h6-13,16-18,23,28,36-37H,14-15H2,1-5H3/t23-,28+/m1/s1. The number of aliphatic hydroxyl groups excluding tert-OH is 2. The number of hydrogen-bond acceptors (Lipinski definition) is 5. The Labute approximate surface area is 227 Å². The van der Waals surface area contributed by atoms with Crippen molar-refractivity contribution in [2.75, 3.05) is 0 Å². The molecule has 0 aliphatic heterocycles. The third kappa shape index (κ3) is 8.50. The molecule has 8 heteroatoms. The molecule has 0 saturated heterocycles. The van der Waals surface area contributed by atoms with Crippen molar-refractivity contribution in [3.05, 3.63) is 83.3 Å². The zero-order valence-corrected chi connectivity index (χ0v) is 22.7. The number of carbonyl (C=O) groups is 1. The third-order valence-corrected chi connectivity index (χ3v) is 5.85. The smallest absolute Gasteiger partial charge is 0.308 e. The van der Waals surface area contributed by atoms with E-state index in [4.69, 9.17) is 9.72 Å². The van der Waals surface area contributed by atoms with Crippen molar-refractivity contribution in [3.63, 3.8) is 0 Å². The van der Waals surface area contributed by atoms with E-state index in [1.165, 1.54) is 24.3 Å². The van der Waals surface area contributed by atoms with Gasteiger partial charge in [-0.15, -0.1) is 0 Å². The van der Waals surface area contributed by atoms with Crippen molar-refractivity contribution in [1.82, 2.24) is 4.98 Å². The van der Waals surface area contributed by atoms with Crippen LogP contribution in [0.4, 0.5) is 13.2 Å². The molecule has 208 valence electrons. The van der Waals surface area contributed by atoms with Gasteiger partial charge in [-0.1, -0.05) is 26.0 Å². The summed E-state index contributed by atoms with van der Waals surface area (Å²) in [6, 6.07) is 13.2. The quantitative estimate of drug-likeness (QED) is 0.286. The van der Waals surface area contributed by atoms with Crippen molar-refractivity contribution >= 4 is 12.0 Å². The molecule has 5 nitrogen and oxygen atoms in total. The highest BCUT2D eigenvalue weighted by atomic mass is 19.1. The Bertz CT molecular complexity index is 1310. The van der Waals surface area contributed by atoms with Crippen LogP contribution in [0, 0.1) is 11.6 Å². The summed E-state index contributed by atoms with van der Waals surface area (Å²) in [6.07, 6.45) is -2.69. The summed E-state index contributed by atoms with van der Waals surface area (Å²) in [4.78, 5) is 16.7. The summed E-state index contributed by atoms with van der Waals surface area (Å²) in [7, 11) is 0. The second kappa shape index (κ2) is 12.6. The van der Waals surface area contributed by atoms with Gasteiger partial charge in [-0.25, -0.2) is 13.2 Å². The van der Waals surface area contributed by atoms with Gasteiger partial charge >= 0.3 is 5.97 Å². The van der Waals surface area contributed by atoms with Crippen LogP contribution in [0.3, 0.4) is 0 Å². The van der Waals surface area contributed by atoms with Crippen LogP contribution in [-0.2, 0) is 9.53 Å². The van der Waals surface area contributed by atoms with E-state index >= 15 is 4.39 Å². The van der Waals surface area contributed by atoms with Crippen LogP contribution in [0.2, 0.25) is 0 Å². The number of aromatic nitrogens is 1. The second-order valence-corrected chi connectivity index (χ2v) is 10.7. The second-order valence-electron chi connectivity index (χ2n) is 10.7. The molecule has 2 N–H and O–H groups in total. The molecule has 1 heterocycles. The van der Waals surface area contributed by atoms with Crippen LogP contribution in [-0.4, -0.2) is 39.0 Å². The number of halogens is 3. The highest BCUT2D eigenvalue weighted by molar-refractivity contribution is 5.81. The SMILES string of the molecule is CC(C)c1nc(-c2ccc(F)cc2)cc(-c2ccc(F)cc2)c1C=C(F)[C@@H](O)C[C@@H](O)CC(=O)OC(C)(C)C. The number of esters is 1. The molecule has 0 amide bonds. The van der Waals surface area contributed by atoms with Gasteiger partial charge in [0.2, 0.25) is 0 Å². The monoisotopic (exact) mass is 541 g/mol. The van der Waals surface area contributed by atoms with Crippen molar-refractivity contribution in [2.24, 2.45) is 0 Å². The maximum Gasteiger partial charge on any atom is 0.308 e. The molecule has 0 aliphatic rings. The summed E-state index contributed by atoms with van der Waals surface area (Å²) in [6.45, 7) is 8.82. The Balaban J connectivity index is 2.02. The van der Waals surface area contributed by atoms with Gasteiger partial charge in [-0.2, -0.15) is 0 Å². The first-order valence-electron chi connectivity index (χ1n) is 12.8. The van der Waals surface area contributed by atoms with E-state index in [1.807, 2.05) is 13.8 Å². The van der Waals surface area contributed by atoms with Crippen LogP contribution >= 0.6 is 0 Å². The van der Waals surface area contributed by atoms with Crippen LogP contribution in [0.15, 0.2) is 60.4 Å². The highest BCUT2D eigenvalue weighted by Gasteiger charge is 2.24. The summed E-state index contributed by atoms with van der Waals surface area (Å²) in [5, 5.41) is 20.8. The largest absolute Gasteiger partial charge is 0.460 e. The van der Waals surface area contributed by atoms with Gasteiger partial charge in [0.25, 0.3) is 0 Å². The van der Waals surface area contributed by atoms with Crippen molar-refractivity contribution in [2.45, 2.75) is 71.2 Å². The molecule has 1 aromatic heterocycles. The number of ether oxygens (including phenoxy) is 1. The van der Waals surface area contributed by atoms with Gasteiger partial charge in [-0.3, -0.25) is 9.78 Å². The molecule has 0 unspecified atom stereocenters. The number of nitrogens with zero attached hydrogens (tertiary/aromatic N) is 1. The molecule has 2 atom stereocenters. The Morgan fingerprint density at radius 3 is 2.03 bits per heavy atom. The summed E-state index contributed by atoms with van der Waals surface area (Å²) >= 11 is 0. The van der Waals surface area contributed by atoms with Gasteiger partial charge in [0.15, 0.2) is 0 Å². The van der Waals surface area contributed by atoms with E-state index in [2.05, 4.69) is 0 Å². The van der Waals surface area contributed by atoms with Crippen LogP contribution in [0.1, 0.15) is 64.6 Å². The Kier molecular flexibility index (Phi) is 9.69. The minimum Gasteiger partial charge on any atom is -0.460 e. The topological polar surface area (TPSA) is 79.7 Å². The van der Waals surface area contributed by atoms with E-state index in [-0.39, 0.29) is 5.92 Å². The van der Waals surface area contributed by atoms with Gasteiger partial charge in [0.05, 0.1) is 23.9 Å². The van der Waals surface area contributed by atoms with Gasteiger partial charge in [0, 0.05) is 17.5 Å². The number of hydrogen-bond donors (Lipinski definition) is 2. The summed E-state index contributed by atoms with van der Waals surface area (Å²) < 4.78 is 47.8. The number of carbonyl (C=O) groups excluding carboxylic acids is 1. The maximum atomic E-state index is 15.4. The molecule has 0 spiro atoms. The lowest BCUT2D eigenvalue weighted by atomic mass is 9.91. The van der Waals surface area contributed by atoms with Crippen LogP contribution < -0.4 is 0 Å². The molecule has 0 aliphatic carbocycles. The first-order valence-corrected chi connectivity index (χ1v) is 12.8. The number of benzene rings is 2. The summed E-state index contributed by atoms with van der Waals surface area (Å²) in [5.74, 6) is -2.61. The Morgan fingerprint density at radius 2 is 1.51 bits per heavy atom. The predicted molar refractivity (Wildman–Crippen MR) is 145 cm³/mol. The molecule has 0 saturated carbocycles. The molecule has 0 radical (unpaired) electrons. The van der Waals surface area contributed by atoms with Crippen LogP contribution in [0.5, 0.6) is 0 Å². The fourth-order valence-corrected chi connectivity index (χ4v) is 4.07. The highest BCUT2D eigenvalue weighted by Crippen LogP contribution is 2.35. The molecule has 0 bridgehead atoms. The normalized spacial score (nSPS) is 13.9. The Hall–Kier alpha value is -3.49. The molecular weight excluding hydrogens is 507 g/mol. The average molecular weight is 542 g/mol. The van der Waals surface area contributed by atoms with Gasteiger partial charge in [0.1, 0.15) is 29.2 Å². The van der Waals surface area contributed by atoms with E-state index in [9.17, 15) is 23.8 Å². The average Bonchev–Trinajstić information content (AvgIpc) is 2.83. The van der Waals surface area contributed by atoms with E-state index in [0.717, 1.165) is 6.08 Å². The maximum absolute atomic E-state index is 15.4. The molecule has 3 aromatic rings.